The minimum atomic E-state index is -1.12. The fourth-order valence-electron chi connectivity index (χ4n) is 3.76. The molecule has 2 heterocycles. The lowest BCUT2D eigenvalue weighted by Crippen LogP contribution is -2.04. The standard InChI is InChI=1S/C23H11Cl2N3O5/c24-22-26-20(27-23(25)28-22)18-15(30)8-7-14-17(11-3-1-2-4-12(11)21(31)32)13-6-5-10(29)9-16(13)33-19(14)18/h1-9,30H,(H,31,32). The van der Waals surface area contributed by atoms with Crippen LogP contribution in [-0.2, 0) is 0 Å². The summed E-state index contributed by atoms with van der Waals surface area (Å²) in [6.07, 6.45) is 0. The SMILES string of the molecule is O=C(O)c1ccccc1-c1c2ccc(=O)cc-2oc2c(-c3nc(Cl)nc(Cl)n3)c(O)ccc12. The van der Waals surface area contributed by atoms with Crippen molar-refractivity contribution < 1.29 is 19.4 Å². The molecule has 2 aliphatic rings. The van der Waals surface area contributed by atoms with Crippen LogP contribution in [0.5, 0.6) is 5.75 Å². The summed E-state index contributed by atoms with van der Waals surface area (Å²) in [6.45, 7) is 0. The number of rotatable bonds is 3. The molecule has 0 amide bonds. The average Bonchev–Trinajstić information content (AvgIpc) is 2.76. The molecule has 2 aromatic carbocycles. The zero-order chi connectivity index (χ0) is 23.3. The van der Waals surface area contributed by atoms with Gasteiger partial charge in [-0.05, 0) is 59.1 Å². The van der Waals surface area contributed by atoms with Gasteiger partial charge in [-0.3, -0.25) is 4.79 Å². The Hall–Kier alpha value is -4.01. The van der Waals surface area contributed by atoms with Crippen LogP contribution in [0, 0.1) is 0 Å². The number of carboxylic acids is 1. The number of hydrogen-bond donors (Lipinski definition) is 2. The molecule has 1 aromatic heterocycles. The molecule has 0 saturated carbocycles. The molecule has 33 heavy (non-hydrogen) atoms. The number of aromatic nitrogens is 3. The van der Waals surface area contributed by atoms with Gasteiger partial charge in [0, 0.05) is 22.6 Å². The molecule has 1 aliphatic carbocycles. The van der Waals surface area contributed by atoms with Gasteiger partial charge >= 0.3 is 5.97 Å². The molecule has 0 spiro atoms. The highest BCUT2D eigenvalue weighted by molar-refractivity contribution is 6.31. The van der Waals surface area contributed by atoms with Crippen molar-refractivity contribution in [2.24, 2.45) is 0 Å². The molecular weight excluding hydrogens is 469 g/mol. The number of phenols is 1. The number of aromatic carboxylic acids is 1. The Balaban J connectivity index is 2.00. The van der Waals surface area contributed by atoms with Gasteiger partial charge in [0.05, 0.1) is 5.56 Å². The third-order valence-corrected chi connectivity index (χ3v) is 5.41. The number of aromatic hydroxyl groups is 1. The molecule has 0 unspecified atom stereocenters. The molecule has 162 valence electrons. The van der Waals surface area contributed by atoms with Crippen molar-refractivity contribution >= 4 is 40.1 Å². The minimum absolute atomic E-state index is 0.0538. The molecule has 5 rings (SSSR count). The highest BCUT2D eigenvalue weighted by Crippen LogP contribution is 2.45. The van der Waals surface area contributed by atoms with Crippen LogP contribution in [0.1, 0.15) is 10.4 Å². The smallest absolute Gasteiger partial charge is 0.336 e. The second-order valence-corrected chi connectivity index (χ2v) is 7.70. The number of hydrogen-bond acceptors (Lipinski definition) is 7. The van der Waals surface area contributed by atoms with E-state index in [1.54, 1.807) is 30.3 Å². The maximum Gasteiger partial charge on any atom is 0.336 e. The van der Waals surface area contributed by atoms with Crippen molar-refractivity contribution in [3.63, 3.8) is 0 Å². The van der Waals surface area contributed by atoms with E-state index in [2.05, 4.69) is 15.0 Å². The minimum Gasteiger partial charge on any atom is -0.507 e. The van der Waals surface area contributed by atoms with E-state index in [0.29, 0.717) is 22.1 Å². The van der Waals surface area contributed by atoms with Crippen LogP contribution in [0.4, 0.5) is 0 Å². The number of carbonyl (C=O) groups is 1. The molecule has 0 radical (unpaired) electrons. The summed E-state index contributed by atoms with van der Waals surface area (Å²) in [5, 5.41) is 20.5. The summed E-state index contributed by atoms with van der Waals surface area (Å²) in [6, 6.07) is 13.7. The Morgan fingerprint density at radius 1 is 0.879 bits per heavy atom. The largest absolute Gasteiger partial charge is 0.507 e. The number of halogens is 2. The Kier molecular flexibility index (Phi) is 4.96. The van der Waals surface area contributed by atoms with Crippen molar-refractivity contribution in [3.05, 3.63) is 81.0 Å². The second kappa shape index (κ2) is 7.84. The van der Waals surface area contributed by atoms with Crippen LogP contribution in [0.3, 0.4) is 0 Å². The summed E-state index contributed by atoms with van der Waals surface area (Å²) in [7, 11) is 0. The lowest BCUT2D eigenvalue weighted by molar-refractivity contribution is 0.0697. The van der Waals surface area contributed by atoms with Crippen LogP contribution in [0.15, 0.2) is 63.8 Å². The first-order valence-corrected chi connectivity index (χ1v) is 10.2. The zero-order valence-corrected chi connectivity index (χ0v) is 17.9. The molecule has 10 heteroatoms. The van der Waals surface area contributed by atoms with E-state index in [9.17, 15) is 19.8 Å². The van der Waals surface area contributed by atoms with Crippen molar-refractivity contribution in [2.75, 3.05) is 0 Å². The molecule has 0 atom stereocenters. The number of carboxylic acid groups (broad SMARTS) is 1. The maximum atomic E-state index is 12.1. The van der Waals surface area contributed by atoms with E-state index in [4.69, 9.17) is 27.6 Å². The lowest BCUT2D eigenvalue weighted by Gasteiger charge is -2.18. The molecule has 8 nitrogen and oxygen atoms in total. The summed E-state index contributed by atoms with van der Waals surface area (Å²) in [5.74, 6) is -1.23. The number of nitrogens with zero attached hydrogens (tertiary/aromatic N) is 3. The average molecular weight is 480 g/mol. The quantitative estimate of drug-likeness (QED) is 0.341. The van der Waals surface area contributed by atoms with Gasteiger partial charge in [-0.15, -0.1) is 0 Å². The van der Waals surface area contributed by atoms with Crippen LogP contribution >= 0.6 is 23.2 Å². The third-order valence-electron chi connectivity index (χ3n) is 5.07. The molecule has 2 N–H and O–H groups in total. The van der Waals surface area contributed by atoms with Gasteiger partial charge in [0.15, 0.2) is 11.3 Å². The molecule has 1 aliphatic heterocycles. The monoisotopic (exact) mass is 479 g/mol. The van der Waals surface area contributed by atoms with Gasteiger partial charge in [0.1, 0.15) is 22.7 Å². The van der Waals surface area contributed by atoms with Crippen LogP contribution < -0.4 is 5.43 Å². The maximum absolute atomic E-state index is 12.1. The predicted molar refractivity (Wildman–Crippen MR) is 122 cm³/mol. The van der Waals surface area contributed by atoms with E-state index in [0.717, 1.165) is 0 Å². The van der Waals surface area contributed by atoms with Crippen LogP contribution in [0.25, 0.3) is 44.8 Å². The topological polar surface area (TPSA) is 126 Å². The zero-order valence-electron chi connectivity index (χ0n) is 16.4. The highest BCUT2D eigenvalue weighted by Gasteiger charge is 2.25. The Morgan fingerprint density at radius 2 is 1.61 bits per heavy atom. The molecule has 3 aromatic rings. The number of fused-ring (bicyclic) bond motifs is 2. The van der Waals surface area contributed by atoms with Crippen molar-refractivity contribution in [3.8, 4) is 39.6 Å². The van der Waals surface area contributed by atoms with Gasteiger partial charge in [-0.25, -0.2) is 4.79 Å². The van der Waals surface area contributed by atoms with E-state index < -0.39 is 5.97 Å². The van der Waals surface area contributed by atoms with Gasteiger partial charge in [0.25, 0.3) is 0 Å². The van der Waals surface area contributed by atoms with E-state index in [1.165, 1.54) is 24.3 Å². The predicted octanol–water partition coefficient (Wildman–Crippen LogP) is 5.13. The second-order valence-electron chi connectivity index (χ2n) is 7.02. The van der Waals surface area contributed by atoms with Gasteiger partial charge < -0.3 is 14.6 Å². The van der Waals surface area contributed by atoms with Crippen LogP contribution in [-0.4, -0.2) is 31.1 Å². The van der Waals surface area contributed by atoms with E-state index in [1.807, 2.05) is 0 Å². The highest BCUT2D eigenvalue weighted by atomic mass is 35.5. The fourth-order valence-corrected chi connectivity index (χ4v) is 4.12. The number of phenolic OH excluding ortho intramolecular Hbond substituents is 1. The Labute approximate surface area is 195 Å². The summed E-state index contributed by atoms with van der Waals surface area (Å²) in [4.78, 5) is 35.9. The third kappa shape index (κ3) is 3.55. The van der Waals surface area contributed by atoms with Gasteiger partial charge in [-0.2, -0.15) is 15.0 Å². The van der Waals surface area contributed by atoms with E-state index >= 15 is 0 Å². The number of benzene rings is 3. The van der Waals surface area contributed by atoms with Gasteiger partial charge in [0.2, 0.25) is 10.6 Å². The van der Waals surface area contributed by atoms with Crippen LogP contribution in [0.2, 0.25) is 10.6 Å². The molecule has 0 saturated heterocycles. The first kappa shape index (κ1) is 20.9. The first-order valence-electron chi connectivity index (χ1n) is 9.46. The van der Waals surface area contributed by atoms with E-state index in [-0.39, 0.29) is 50.0 Å². The first-order chi connectivity index (χ1) is 15.8. The normalized spacial score (nSPS) is 11.2. The van der Waals surface area contributed by atoms with Crippen molar-refractivity contribution in [2.45, 2.75) is 0 Å². The summed E-state index contributed by atoms with van der Waals surface area (Å²) >= 11 is 11.9. The molecular formula is C23H11Cl2N3O5. The van der Waals surface area contributed by atoms with Crippen molar-refractivity contribution in [1.82, 2.24) is 15.0 Å². The molecule has 0 fully saturated rings. The van der Waals surface area contributed by atoms with Gasteiger partial charge in [-0.1, -0.05) is 18.2 Å². The Bertz CT molecular complexity index is 1600. The molecule has 0 bridgehead atoms. The Morgan fingerprint density at radius 3 is 2.33 bits per heavy atom. The summed E-state index contributed by atoms with van der Waals surface area (Å²) < 4.78 is 6.04. The fraction of sp³-hybridized carbons (Fsp3) is 0. The van der Waals surface area contributed by atoms with Crippen molar-refractivity contribution in [1.29, 1.82) is 0 Å². The lowest BCUT2D eigenvalue weighted by atomic mass is 9.90. The summed E-state index contributed by atoms with van der Waals surface area (Å²) in [5.41, 5.74) is 1.33.